The molecule has 0 aliphatic heterocycles. The van der Waals surface area contributed by atoms with Crippen LogP contribution in [0.1, 0.15) is 37.2 Å². The van der Waals surface area contributed by atoms with Crippen LogP contribution in [0.5, 0.6) is 0 Å². The fourth-order valence-electron chi connectivity index (χ4n) is 1.86. The monoisotopic (exact) mass is 284 g/mol. The van der Waals surface area contributed by atoms with E-state index >= 15 is 0 Å². The molecule has 3 nitrogen and oxygen atoms in total. The molecule has 1 aliphatic carbocycles. The van der Waals surface area contributed by atoms with Crippen molar-refractivity contribution in [1.29, 1.82) is 0 Å². The van der Waals surface area contributed by atoms with Gasteiger partial charge in [0, 0.05) is 23.3 Å². The van der Waals surface area contributed by atoms with Crippen LogP contribution >= 0.6 is 15.9 Å². The first-order valence-corrected chi connectivity index (χ1v) is 6.57. The lowest BCUT2D eigenvalue weighted by Gasteiger charge is -2.07. The molecular weight excluding hydrogens is 268 g/mol. The summed E-state index contributed by atoms with van der Waals surface area (Å²) in [6.45, 7) is 5.15. The van der Waals surface area contributed by atoms with Crippen LogP contribution in [0.3, 0.4) is 0 Å². The van der Waals surface area contributed by atoms with Crippen LogP contribution < -0.4 is 5.32 Å². The number of hydrogen-bond donors (Lipinski definition) is 1. The summed E-state index contributed by atoms with van der Waals surface area (Å²) in [4.78, 5) is 12.0. The lowest BCUT2D eigenvalue weighted by molar-refractivity contribution is 0.0940. The Morgan fingerprint density at radius 2 is 2.38 bits per heavy atom. The molecule has 1 aromatic heterocycles. The van der Waals surface area contributed by atoms with Crippen LogP contribution in [0.4, 0.5) is 0 Å². The number of amides is 1. The normalized spacial score (nSPS) is 23.2. The van der Waals surface area contributed by atoms with E-state index in [0.717, 1.165) is 29.6 Å². The fourth-order valence-corrected chi connectivity index (χ4v) is 2.32. The summed E-state index contributed by atoms with van der Waals surface area (Å²) in [5.41, 5.74) is 0.757. The minimum Gasteiger partial charge on any atom is -0.348 e. The van der Waals surface area contributed by atoms with Gasteiger partial charge in [-0.15, -0.1) is 0 Å². The molecule has 1 saturated carbocycles. The highest BCUT2D eigenvalue weighted by atomic mass is 79.9. The summed E-state index contributed by atoms with van der Waals surface area (Å²) in [6.07, 6.45) is 4.11. The molecule has 1 heterocycles. The van der Waals surface area contributed by atoms with Crippen LogP contribution in [-0.2, 0) is 6.54 Å². The number of carbonyl (C=O) groups excluding carboxylic acids is 1. The van der Waals surface area contributed by atoms with Gasteiger partial charge >= 0.3 is 0 Å². The molecule has 2 unspecified atom stereocenters. The van der Waals surface area contributed by atoms with Gasteiger partial charge in [0.05, 0.1) is 0 Å². The zero-order valence-corrected chi connectivity index (χ0v) is 11.3. The molecule has 0 saturated heterocycles. The zero-order valence-electron chi connectivity index (χ0n) is 9.66. The van der Waals surface area contributed by atoms with E-state index in [1.807, 2.05) is 16.8 Å². The van der Waals surface area contributed by atoms with E-state index in [0.29, 0.717) is 12.0 Å². The van der Waals surface area contributed by atoms with E-state index in [1.54, 1.807) is 0 Å². The average Bonchev–Trinajstić information content (AvgIpc) is 2.75. The highest BCUT2D eigenvalue weighted by molar-refractivity contribution is 9.10. The standard InChI is InChI=1S/C12H17BrN2O/c1-3-4-15-7-9(13)6-11(15)12(16)14-10-5-8(10)2/h6-8,10H,3-5H2,1-2H3,(H,14,16). The minimum absolute atomic E-state index is 0.0495. The number of aromatic nitrogens is 1. The number of nitrogens with zero attached hydrogens (tertiary/aromatic N) is 1. The third-order valence-corrected chi connectivity index (χ3v) is 3.42. The molecule has 2 rings (SSSR count). The van der Waals surface area contributed by atoms with E-state index in [1.165, 1.54) is 0 Å². The zero-order chi connectivity index (χ0) is 11.7. The van der Waals surface area contributed by atoms with Crippen LogP contribution in [0.2, 0.25) is 0 Å². The largest absolute Gasteiger partial charge is 0.348 e. The number of carbonyl (C=O) groups is 1. The number of aryl methyl sites for hydroxylation is 1. The van der Waals surface area contributed by atoms with Crippen molar-refractivity contribution in [3.05, 3.63) is 22.4 Å². The van der Waals surface area contributed by atoms with E-state index in [4.69, 9.17) is 0 Å². The van der Waals surface area contributed by atoms with Gasteiger partial charge in [-0.05, 0) is 40.8 Å². The molecule has 1 amide bonds. The Morgan fingerprint density at radius 3 is 2.94 bits per heavy atom. The first-order chi connectivity index (χ1) is 7.61. The molecule has 88 valence electrons. The van der Waals surface area contributed by atoms with Gasteiger partial charge in [-0.3, -0.25) is 4.79 Å². The molecule has 2 atom stereocenters. The lowest BCUT2D eigenvalue weighted by atomic mass is 10.3. The maximum atomic E-state index is 12.0. The van der Waals surface area contributed by atoms with Crippen molar-refractivity contribution in [2.24, 2.45) is 5.92 Å². The summed E-state index contributed by atoms with van der Waals surface area (Å²) in [5.74, 6) is 0.690. The van der Waals surface area contributed by atoms with Gasteiger partial charge in [-0.1, -0.05) is 13.8 Å². The SMILES string of the molecule is CCCn1cc(Br)cc1C(=O)NC1CC1C. The summed E-state index contributed by atoms with van der Waals surface area (Å²) < 4.78 is 2.97. The highest BCUT2D eigenvalue weighted by Crippen LogP contribution is 2.29. The van der Waals surface area contributed by atoms with Gasteiger partial charge < -0.3 is 9.88 Å². The van der Waals surface area contributed by atoms with Gasteiger partial charge in [0.15, 0.2) is 0 Å². The topological polar surface area (TPSA) is 34.0 Å². The number of nitrogens with one attached hydrogen (secondary N) is 1. The van der Waals surface area contributed by atoms with Crippen molar-refractivity contribution in [2.75, 3.05) is 0 Å². The maximum Gasteiger partial charge on any atom is 0.268 e. The van der Waals surface area contributed by atoms with Crippen LogP contribution in [-0.4, -0.2) is 16.5 Å². The summed E-state index contributed by atoms with van der Waals surface area (Å²) >= 11 is 3.41. The predicted molar refractivity (Wildman–Crippen MR) is 67.5 cm³/mol. The number of hydrogen-bond acceptors (Lipinski definition) is 1. The molecule has 16 heavy (non-hydrogen) atoms. The van der Waals surface area contributed by atoms with E-state index < -0.39 is 0 Å². The molecule has 1 aromatic rings. The Labute approximate surface area is 104 Å². The molecule has 0 bridgehead atoms. The second-order valence-electron chi connectivity index (χ2n) is 4.53. The van der Waals surface area contributed by atoms with Gasteiger partial charge in [0.1, 0.15) is 5.69 Å². The minimum atomic E-state index is 0.0495. The highest BCUT2D eigenvalue weighted by Gasteiger charge is 2.34. The third-order valence-electron chi connectivity index (χ3n) is 2.99. The van der Waals surface area contributed by atoms with Crippen LogP contribution in [0.25, 0.3) is 0 Å². The Morgan fingerprint density at radius 1 is 1.69 bits per heavy atom. The smallest absolute Gasteiger partial charge is 0.268 e. The molecular formula is C12H17BrN2O. The van der Waals surface area contributed by atoms with Crippen molar-refractivity contribution in [1.82, 2.24) is 9.88 Å². The van der Waals surface area contributed by atoms with Crippen LogP contribution in [0.15, 0.2) is 16.7 Å². The average molecular weight is 285 g/mol. The Hall–Kier alpha value is -0.770. The van der Waals surface area contributed by atoms with E-state index in [-0.39, 0.29) is 5.91 Å². The Kier molecular flexibility index (Phi) is 3.38. The van der Waals surface area contributed by atoms with Crippen LogP contribution in [0, 0.1) is 5.92 Å². The third kappa shape index (κ3) is 2.48. The molecule has 0 spiro atoms. The quantitative estimate of drug-likeness (QED) is 0.907. The molecule has 1 N–H and O–H groups in total. The Bertz CT molecular complexity index is 400. The molecule has 0 radical (unpaired) electrons. The first-order valence-electron chi connectivity index (χ1n) is 5.78. The summed E-state index contributed by atoms with van der Waals surface area (Å²) in [6, 6.07) is 2.27. The van der Waals surface area contributed by atoms with Crippen molar-refractivity contribution in [3.63, 3.8) is 0 Å². The van der Waals surface area contributed by atoms with Gasteiger partial charge in [-0.25, -0.2) is 0 Å². The molecule has 1 aliphatic rings. The van der Waals surface area contributed by atoms with Gasteiger partial charge in [-0.2, -0.15) is 0 Å². The maximum absolute atomic E-state index is 12.0. The Balaban J connectivity index is 2.08. The van der Waals surface area contributed by atoms with Crippen molar-refractivity contribution >= 4 is 21.8 Å². The van der Waals surface area contributed by atoms with Crippen molar-refractivity contribution in [3.8, 4) is 0 Å². The van der Waals surface area contributed by atoms with Crippen molar-refractivity contribution < 1.29 is 4.79 Å². The second kappa shape index (κ2) is 4.62. The number of rotatable bonds is 4. The molecule has 4 heteroatoms. The lowest BCUT2D eigenvalue weighted by Crippen LogP contribution is -2.28. The van der Waals surface area contributed by atoms with E-state index in [9.17, 15) is 4.79 Å². The second-order valence-corrected chi connectivity index (χ2v) is 5.45. The number of halogens is 1. The molecule has 1 fully saturated rings. The summed E-state index contributed by atoms with van der Waals surface area (Å²) in [7, 11) is 0. The van der Waals surface area contributed by atoms with Crippen molar-refractivity contribution in [2.45, 2.75) is 39.3 Å². The fraction of sp³-hybridized carbons (Fsp3) is 0.583. The van der Waals surface area contributed by atoms with Gasteiger partial charge in [0.2, 0.25) is 0 Å². The van der Waals surface area contributed by atoms with Gasteiger partial charge in [0.25, 0.3) is 5.91 Å². The predicted octanol–water partition coefficient (Wildman–Crippen LogP) is 2.80. The van der Waals surface area contributed by atoms with E-state index in [2.05, 4.69) is 35.1 Å². The first kappa shape index (κ1) is 11.7. The molecule has 0 aromatic carbocycles. The summed E-state index contributed by atoms with van der Waals surface area (Å²) in [5, 5.41) is 3.05.